The van der Waals surface area contributed by atoms with Gasteiger partial charge in [0, 0.05) is 17.2 Å². The molecule has 4 aliphatic rings. The maximum Gasteiger partial charge on any atom is 0.352 e. The van der Waals surface area contributed by atoms with Crippen LogP contribution in [0.25, 0.3) is 0 Å². The number of hydrogen-bond acceptors (Lipinski definition) is 2. The molecular weight excluding hydrogens is 266 g/mol. The molecule has 1 heterocycles. The van der Waals surface area contributed by atoms with Gasteiger partial charge in [0.15, 0.2) is 5.78 Å². The fraction of sp³-hybridized carbons (Fsp3) is 0.647. The number of aromatic carboxylic acids is 1. The van der Waals surface area contributed by atoms with E-state index in [2.05, 4.69) is 11.9 Å². The molecule has 1 aromatic rings. The maximum absolute atomic E-state index is 13.1. The average Bonchev–Trinajstić information content (AvgIpc) is 2.84. The second-order valence-electron chi connectivity index (χ2n) is 7.99. The Morgan fingerprint density at radius 1 is 1.24 bits per heavy atom. The van der Waals surface area contributed by atoms with Crippen LogP contribution in [0.2, 0.25) is 0 Å². The lowest BCUT2D eigenvalue weighted by molar-refractivity contribution is -0.0820. The quantitative estimate of drug-likeness (QED) is 0.836. The first-order chi connectivity index (χ1) is 9.89. The van der Waals surface area contributed by atoms with E-state index in [9.17, 15) is 9.59 Å². The van der Waals surface area contributed by atoms with Crippen molar-refractivity contribution >= 4 is 11.8 Å². The van der Waals surface area contributed by atoms with Crippen molar-refractivity contribution in [2.45, 2.75) is 45.4 Å². The molecule has 4 saturated carbocycles. The first kappa shape index (κ1) is 13.1. The van der Waals surface area contributed by atoms with E-state index >= 15 is 0 Å². The zero-order valence-corrected chi connectivity index (χ0v) is 12.3. The Labute approximate surface area is 123 Å². The molecule has 1 aromatic heterocycles. The summed E-state index contributed by atoms with van der Waals surface area (Å²) in [5.74, 6) is 0.550. The molecule has 0 spiro atoms. The molecule has 4 bridgehead atoms. The molecule has 4 aliphatic carbocycles. The number of nitrogens with one attached hydrogen (secondary N) is 1. The number of H-pyrrole nitrogens is 1. The lowest BCUT2D eigenvalue weighted by Crippen LogP contribution is -2.53. The number of aromatic amines is 1. The molecule has 4 fully saturated rings. The number of carboxylic acids is 1. The Kier molecular flexibility index (Phi) is 2.49. The summed E-state index contributed by atoms with van der Waals surface area (Å²) < 4.78 is 0. The van der Waals surface area contributed by atoms with E-state index < -0.39 is 5.97 Å². The van der Waals surface area contributed by atoms with Crippen LogP contribution in [0.1, 0.15) is 66.3 Å². The first-order valence-electron chi connectivity index (χ1n) is 7.86. The van der Waals surface area contributed by atoms with Gasteiger partial charge in [0.05, 0.1) is 0 Å². The number of aromatic nitrogens is 1. The zero-order valence-electron chi connectivity index (χ0n) is 12.3. The summed E-state index contributed by atoms with van der Waals surface area (Å²) in [6.45, 7) is 2.34. The summed E-state index contributed by atoms with van der Waals surface area (Å²) in [5, 5.41) is 9.01. The average molecular weight is 287 g/mol. The molecule has 2 N–H and O–H groups in total. The number of carbonyl (C=O) groups is 2. The zero-order chi connectivity index (χ0) is 14.8. The minimum atomic E-state index is -1.01. The Balaban J connectivity index is 1.68. The summed E-state index contributed by atoms with van der Waals surface area (Å²) in [6.07, 6.45) is 8.40. The predicted octanol–water partition coefficient (Wildman–Crippen LogP) is 3.50. The molecular formula is C17H21NO3. The van der Waals surface area contributed by atoms with Gasteiger partial charge in [-0.3, -0.25) is 4.79 Å². The summed E-state index contributed by atoms with van der Waals surface area (Å²) in [7, 11) is 0. The molecule has 4 nitrogen and oxygen atoms in total. The molecule has 0 amide bonds. The molecule has 4 heteroatoms. The van der Waals surface area contributed by atoms with E-state index in [1.807, 2.05) is 0 Å². The van der Waals surface area contributed by atoms with E-state index in [-0.39, 0.29) is 16.9 Å². The molecule has 0 aliphatic heterocycles. The SMILES string of the molecule is CC12CC3CC(C1)CC(C(=O)c1c[nH]c(C(=O)O)c1)(C3)C2. The van der Waals surface area contributed by atoms with Gasteiger partial charge in [-0.05, 0) is 61.8 Å². The summed E-state index contributed by atoms with van der Waals surface area (Å²) in [5.41, 5.74) is 0.759. The molecule has 112 valence electrons. The monoisotopic (exact) mass is 287 g/mol. The molecule has 0 aromatic carbocycles. The molecule has 2 unspecified atom stereocenters. The Morgan fingerprint density at radius 2 is 1.90 bits per heavy atom. The van der Waals surface area contributed by atoms with Crippen LogP contribution >= 0.6 is 0 Å². The van der Waals surface area contributed by atoms with Crippen molar-refractivity contribution in [1.82, 2.24) is 4.98 Å². The van der Waals surface area contributed by atoms with Gasteiger partial charge in [-0.1, -0.05) is 6.92 Å². The van der Waals surface area contributed by atoms with Gasteiger partial charge < -0.3 is 10.1 Å². The standard InChI is InChI=1S/C17H21NO3/c1-16-4-10-2-11(5-16)7-17(6-10,9-16)14(19)12-3-13(15(20)21)18-8-12/h3,8,10-11,18H,2,4-7,9H2,1H3,(H,20,21). The largest absolute Gasteiger partial charge is 0.477 e. The highest BCUT2D eigenvalue weighted by molar-refractivity contribution is 6.02. The third-order valence-electron chi connectivity index (χ3n) is 6.01. The summed E-state index contributed by atoms with van der Waals surface area (Å²) in [4.78, 5) is 26.8. The maximum atomic E-state index is 13.1. The minimum Gasteiger partial charge on any atom is -0.477 e. The highest BCUT2D eigenvalue weighted by atomic mass is 16.4. The van der Waals surface area contributed by atoms with Gasteiger partial charge in [-0.2, -0.15) is 0 Å². The van der Waals surface area contributed by atoms with E-state index in [0.29, 0.717) is 22.8 Å². The lowest BCUT2D eigenvalue weighted by atomic mass is 9.43. The highest BCUT2D eigenvalue weighted by Gasteiger charge is 2.58. The Bertz CT molecular complexity index is 616. The summed E-state index contributed by atoms with van der Waals surface area (Å²) >= 11 is 0. The van der Waals surface area contributed by atoms with Gasteiger partial charge in [-0.25, -0.2) is 4.79 Å². The number of hydrogen-bond donors (Lipinski definition) is 2. The van der Waals surface area contributed by atoms with Gasteiger partial charge in [0.25, 0.3) is 0 Å². The van der Waals surface area contributed by atoms with Crippen molar-refractivity contribution in [2.75, 3.05) is 0 Å². The molecule has 0 saturated heterocycles. The lowest BCUT2D eigenvalue weighted by Gasteiger charge is -2.60. The molecule has 0 radical (unpaired) electrons. The topological polar surface area (TPSA) is 70.2 Å². The second-order valence-corrected chi connectivity index (χ2v) is 7.99. The Hall–Kier alpha value is -1.58. The smallest absolute Gasteiger partial charge is 0.352 e. The third kappa shape index (κ3) is 1.88. The van der Waals surface area contributed by atoms with Crippen LogP contribution in [0.4, 0.5) is 0 Å². The van der Waals surface area contributed by atoms with Crippen molar-refractivity contribution in [3.63, 3.8) is 0 Å². The van der Waals surface area contributed by atoms with Gasteiger partial charge in [-0.15, -0.1) is 0 Å². The normalized spacial score (nSPS) is 40.4. The van der Waals surface area contributed by atoms with Crippen LogP contribution in [0.5, 0.6) is 0 Å². The van der Waals surface area contributed by atoms with Crippen molar-refractivity contribution in [3.8, 4) is 0 Å². The third-order valence-corrected chi connectivity index (χ3v) is 6.01. The van der Waals surface area contributed by atoms with E-state index in [0.717, 1.165) is 19.3 Å². The van der Waals surface area contributed by atoms with Crippen LogP contribution in [0, 0.1) is 22.7 Å². The number of carbonyl (C=O) groups excluding carboxylic acids is 1. The fourth-order valence-corrected chi connectivity index (χ4v) is 5.94. The van der Waals surface area contributed by atoms with Crippen LogP contribution in [0.3, 0.4) is 0 Å². The highest BCUT2D eigenvalue weighted by Crippen LogP contribution is 2.65. The summed E-state index contributed by atoms with van der Waals surface area (Å²) in [6, 6.07) is 1.51. The van der Waals surface area contributed by atoms with Gasteiger partial charge in [0.1, 0.15) is 5.69 Å². The van der Waals surface area contributed by atoms with Gasteiger partial charge in [0.2, 0.25) is 0 Å². The Morgan fingerprint density at radius 3 is 2.43 bits per heavy atom. The minimum absolute atomic E-state index is 0.106. The molecule has 5 rings (SSSR count). The fourth-order valence-electron chi connectivity index (χ4n) is 5.94. The van der Waals surface area contributed by atoms with Crippen molar-refractivity contribution in [3.05, 3.63) is 23.5 Å². The number of ketones is 1. The number of carboxylic acid groups (broad SMARTS) is 1. The number of rotatable bonds is 3. The van der Waals surface area contributed by atoms with Crippen molar-refractivity contribution in [2.24, 2.45) is 22.7 Å². The van der Waals surface area contributed by atoms with Gasteiger partial charge >= 0.3 is 5.97 Å². The van der Waals surface area contributed by atoms with Crippen LogP contribution in [0.15, 0.2) is 12.3 Å². The van der Waals surface area contributed by atoms with Crippen LogP contribution in [-0.2, 0) is 0 Å². The molecule has 21 heavy (non-hydrogen) atoms. The second kappa shape index (κ2) is 3.99. The van der Waals surface area contributed by atoms with E-state index in [1.54, 1.807) is 6.20 Å². The molecule has 2 atom stereocenters. The van der Waals surface area contributed by atoms with Crippen LogP contribution in [-0.4, -0.2) is 21.8 Å². The predicted molar refractivity (Wildman–Crippen MR) is 77.3 cm³/mol. The van der Waals surface area contributed by atoms with Crippen LogP contribution < -0.4 is 0 Å². The van der Waals surface area contributed by atoms with Crippen molar-refractivity contribution < 1.29 is 14.7 Å². The van der Waals surface area contributed by atoms with Crippen molar-refractivity contribution in [1.29, 1.82) is 0 Å². The van der Waals surface area contributed by atoms with E-state index in [1.165, 1.54) is 25.3 Å². The first-order valence-corrected chi connectivity index (χ1v) is 7.86. The number of Topliss-reactive ketones (excluding diaryl/α,β-unsaturated/α-hetero) is 1. The van der Waals surface area contributed by atoms with E-state index in [4.69, 9.17) is 5.11 Å².